The molecule has 2 rings (SSSR count). The summed E-state index contributed by atoms with van der Waals surface area (Å²) in [5.41, 5.74) is 0. The minimum absolute atomic E-state index is 0.784. The first-order valence-corrected chi connectivity index (χ1v) is 7.26. The van der Waals surface area contributed by atoms with Crippen molar-refractivity contribution in [3.8, 4) is 0 Å². The van der Waals surface area contributed by atoms with Crippen LogP contribution in [0.2, 0.25) is 0 Å². The fourth-order valence-corrected chi connectivity index (χ4v) is 3.71. The molecule has 0 radical (unpaired) electrons. The van der Waals surface area contributed by atoms with Gasteiger partial charge in [-0.05, 0) is 51.6 Å². The lowest BCUT2D eigenvalue weighted by molar-refractivity contribution is 0.159. The Balaban J connectivity index is 1.86. The van der Waals surface area contributed by atoms with Crippen molar-refractivity contribution >= 4 is 0 Å². The highest BCUT2D eigenvalue weighted by atomic mass is 15.2. The van der Waals surface area contributed by atoms with Gasteiger partial charge in [0.2, 0.25) is 0 Å². The molecule has 2 nitrogen and oxygen atoms in total. The van der Waals surface area contributed by atoms with E-state index >= 15 is 0 Å². The van der Waals surface area contributed by atoms with Crippen molar-refractivity contribution in [2.45, 2.75) is 64.0 Å². The van der Waals surface area contributed by atoms with Gasteiger partial charge in [-0.15, -0.1) is 0 Å². The molecule has 1 heterocycles. The predicted molar refractivity (Wildman–Crippen MR) is 69.7 cm³/mol. The summed E-state index contributed by atoms with van der Waals surface area (Å²) in [6.45, 7) is 5.05. The van der Waals surface area contributed by atoms with E-state index < -0.39 is 0 Å². The first-order valence-electron chi connectivity index (χ1n) is 7.26. The van der Waals surface area contributed by atoms with Crippen LogP contribution in [-0.2, 0) is 0 Å². The maximum atomic E-state index is 3.53. The minimum Gasteiger partial charge on any atom is -0.317 e. The third-order valence-corrected chi connectivity index (χ3v) is 4.72. The van der Waals surface area contributed by atoms with Gasteiger partial charge in [0.25, 0.3) is 0 Å². The quantitative estimate of drug-likeness (QED) is 0.790. The summed E-state index contributed by atoms with van der Waals surface area (Å²) in [4.78, 5) is 2.76. The fraction of sp³-hybridized carbons (Fsp3) is 1.00. The number of hydrogen-bond donors (Lipinski definition) is 1. The monoisotopic (exact) mass is 224 g/mol. The topological polar surface area (TPSA) is 15.3 Å². The van der Waals surface area contributed by atoms with E-state index in [-0.39, 0.29) is 0 Å². The van der Waals surface area contributed by atoms with Crippen molar-refractivity contribution in [3.05, 3.63) is 0 Å². The van der Waals surface area contributed by atoms with Crippen LogP contribution in [0.3, 0.4) is 0 Å². The largest absolute Gasteiger partial charge is 0.317 e. The van der Waals surface area contributed by atoms with Crippen LogP contribution in [0.5, 0.6) is 0 Å². The van der Waals surface area contributed by atoms with E-state index in [4.69, 9.17) is 0 Å². The van der Waals surface area contributed by atoms with Gasteiger partial charge in [-0.3, -0.25) is 0 Å². The van der Waals surface area contributed by atoms with Crippen LogP contribution >= 0.6 is 0 Å². The molecule has 3 unspecified atom stereocenters. The molecule has 3 atom stereocenters. The Morgan fingerprint density at radius 2 is 1.94 bits per heavy atom. The maximum absolute atomic E-state index is 3.53. The zero-order valence-electron chi connectivity index (χ0n) is 11.0. The normalized spacial score (nSPS) is 36.8. The lowest BCUT2D eigenvalue weighted by Gasteiger charge is -2.36. The number of nitrogens with one attached hydrogen (secondary N) is 1. The molecule has 0 aromatic heterocycles. The van der Waals surface area contributed by atoms with Crippen molar-refractivity contribution < 1.29 is 0 Å². The Morgan fingerprint density at radius 3 is 2.69 bits per heavy atom. The maximum Gasteiger partial charge on any atom is 0.0104 e. The fourth-order valence-electron chi connectivity index (χ4n) is 3.71. The SMILES string of the molecule is CCC1CCCN1CC1CCCCC1NC. The van der Waals surface area contributed by atoms with Crippen molar-refractivity contribution in [1.82, 2.24) is 10.2 Å². The van der Waals surface area contributed by atoms with E-state index in [2.05, 4.69) is 24.2 Å². The molecular weight excluding hydrogens is 196 g/mol. The third kappa shape index (κ3) is 2.78. The Kier molecular flexibility index (Phi) is 4.66. The van der Waals surface area contributed by atoms with Gasteiger partial charge in [-0.1, -0.05) is 19.8 Å². The highest BCUT2D eigenvalue weighted by Gasteiger charge is 2.29. The molecular formula is C14H28N2. The summed E-state index contributed by atoms with van der Waals surface area (Å²) >= 11 is 0. The van der Waals surface area contributed by atoms with E-state index in [0.29, 0.717) is 0 Å². The minimum atomic E-state index is 0.784. The van der Waals surface area contributed by atoms with Crippen molar-refractivity contribution in [2.75, 3.05) is 20.1 Å². The summed E-state index contributed by atoms with van der Waals surface area (Å²) < 4.78 is 0. The molecule has 2 heteroatoms. The Bertz CT molecular complexity index is 205. The summed E-state index contributed by atoms with van der Waals surface area (Å²) in [6.07, 6.45) is 9.93. The molecule has 0 aromatic carbocycles. The number of hydrogen-bond acceptors (Lipinski definition) is 2. The smallest absolute Gasteiger partial charge is 0.0104 e. The Hall–Kier alpha value is -0.0800. The summed E-state index contributed by atoms with van der Waals surface area (Å²) in [7, 11) is 2.14. The molecule has 94 valence electrons. The molecule has 0 aromatic rings. The van der Waals surface area contributed by atoms with Crippen LogP contribution in [0, 0.1) is 5.92 Å². The third-order valence-electron chi connectivity index (χ3n) is 4.72. The summed E-state index contributed by atoms with van der Waals surface area (Å²) in [6, 6.07) is 1.67. The number of likely N-dealkylation sites (tertiary alicyclic amines) is 1. The van der Waals surface area contributed by atoms with Gasteiger partial charge in [0, 0.05) is 18.6 Å². The van der Waals surface area contributed by atoms with Gasteiger partial charge >= 0.3 is 0 Å². The lowest BCUT2D eigenvalue weighted by Crippen LogP contribution is -2.44. The highest BCUT2D eigenvalue weighted by molar-refractivity contribution is 4.86. The van der Waals surface area contributed by atoms with Gasteiger partial charge in [0.15, 0.2) is 0 Å². The second kappa shape index (κ2) is 6.02. The van der Waals surface area contributed by atoms with Crippen LogP contribution in [-0.4, -0.2) is 37.1 Å². The van der Waals surface area contributed by atoms with Crippen LogP contribution in [0.1, 0.15) is 51.9 Å². The average molecular weight is 224 g/mol. The van der Waals surface area contributed by atoms with E-state index in [1.807, 2.05) is 0 Å². The molecule has 1 saturated carbocycles. The van der Waals surface area contributed by atoms with Crippen LogP contribution in [0.4, 0.5) is 0 Å². The average Bonchev–Trinajstić information content (AvgIpc) is 2.77. The molecule has 1 aliphatic heterocycles. The molecule has 16 heavy (non-hydrogen) atoms. The Morgan fingerprint density at radius 1 is 1.12 bits per heavy atom. The first-order chi connectivity index (χ1) is 7.85. The molecule has 2 aliphatic rings. The molecule has 1 aliphatic carbocycles. The summed E-state index contributed by atoms with van der Waals surface area (Å²) in [5.74, 6) is 0.908. The predicted octanol–water partition coefficient (Wildman–Crippen LogP) is 2.64. The first kappa shape index (κ1) is 12.4. The van der Waals surface area contributed by atoms with Crippen molar-refractivity contribution in [3.63, 3.8) is 0 Å². The summed E-state index contributed by atoms with van der Waals surface area (Å²) in [5, 5.41) is 3.53. The molecule has 0 bridgehead atoms. The second-order valence-electron chi connectivity index (χ2n) is 5.64. The molecule has 2 fully saturated rings. The van der Waals surface area contributed by atoms with Crippen LogP contribution in [0.25, 0.3) is 0 Å². The number of nitrogens with zero attached hydrogens (tertiary/aromatic N) is 1. The Labute approximate surface area is 101 Å². The van der Waals surface area contributed by atoms with E-state index in [1.165, 1.54) is 58.0 Å². The van der Waals surface area contributed by atoms with Gasteiger partial charge in [0.1, 0.15) is 0 Å². The molecule has 0 amide bonds. The van der Waals surface area contributed by atoms with Crippen LogP contribution in [0.15, 0.2) is 0 Å². The second-order valence-corrected chi connectivity index (χ2v) is 5.64. The lowest BCUT2D eigenvalue weighted by atomic mass is 9.84. The highest BCUT2D eigenvalue weighted by Crippen LogP contribution is 2.28. The van der Waals surface area contributed by atoms with Crippen molar-refractivity contribution in [2.24, 2.45) is 5.92 Å². The van der Waals surface area contributed by atoms with Gasteiger partial charge in [-0.25, -0.2) is 0 Å². The molecule has 1 saturated heterocycles. The van der Waals surface area contributed by atoms with Gasteiger partial charge in [0.05, 0.1) is 0 Å². The van der Waals surface area contributed by atoms with Gasteiger partial charge in [-0.2, -0.15) is 0 Å². The van der Waals surface area contributed by atoms with Crippen LogP contribution < -0.4 is 5.32 Å². The number of rotatable bonds is 4. The van der Waals surface area contributed by atoms with Gasteiger partial charge < -0.3 is 10.2 Å². The standard InChI is InChI=1S/C14H28N2/c1-3-13-8-6-10-16(13)11-12-7-4-5-9-14(12)15-2/h12-15H,3-11H2,1-2H3. The van der Waals surface area contributed by atoms with Crippen molar-refractivity contribution in [1.29, 1.82) is 0 Å². The van der Waals surface area contributed by atoms with E-state index in [0.717, 1.165) is 18.0 Å². The van der Waals surface area contributed by atoms with E-state index in [9.17, 15) is 0 Å². The molecule has 1 N–H and O–H groups in total. The molecule has 0 spiro atoms. The zero-order chi connectivity index (χ0) is 11.4. The van der Waals surface area contributed by atoms with E-state index in [1.54, 1.807) is 0 Å². The zero-order valence-corrected chi connectivity index (χ0v) is 11.0.